The predicted octanol–water partition coefficient (Wildman–Crippen LogP) is 1.47. The van der Waals surface area contributed by atoms with Crippen LogP contribution in [0.2, 0.25) is 0 Å². The van der Waals surface area contributed by atoms with Crippen molar-refractivity contribution in [1.29, 1.82) is 0 Å². The van der Waals surface area contributed by atoms with Gasteiger partial charge in [-0.25, -0.2) is 0 Å². The summed E-state index contributed by atoms with van der Waals surface area (Å²) in [7, 11) is 0. The van der Waals surface area contributed by atoms with Crippen molar-refractivity contribution in [2.45, 2.75) is 52.2 Å². The largest absolute Gasteiger partial charge is 0.311 e. The van der Waals surface area contributed by atoms with Crippen LogP contribution in [-0.4, -0.2) is 35.6 Å². The molecule has 0 aliphatic carbocycles. The fourth-order valence-electron chi connectivity index (χ4n) is 1.96. The first-order valence-electron chi connectivity index (χ1n) is 4.91. The zero-order valence-corrected chi connectivity index (χ0v) is 9.02. The topological polar surface area (TPSA) is 15.3 Å². The number of rotatable bonds is 0. The molecule has 2 atom stereocenters. The molecule has 1 rings (SSSR count). The molecule has 0 spiro atoms. The minimum absolute atomic E-state index is 0.315. The van der Waals surface area contributed by atoms with Gasteiger partial charge < -0.3 is 5.32 Å². The molecule has 1 saturated heterocycles. The molecule has 72 valence electrons. The monoisotopic (exact) mass is 170 g/mol. The summed E-state index contributed by atoms with van der Waals surface area (Å²) in [5.74, 6) is 0. The van der Waals surface area contributed by atoms with Crippen molar-refractivity contribution in [3.63, 3.8) is 0 Å². The van der Waals surface area contributed by atoms with E-state index in [1.54, 1.807) is 0 Å². The van der Waals surface area contributed by atoms with E-state index in [1.165, 1.54) is 6.54 Å². The Hall–Kier alpha value is -0.0800. The second kappa shape index (κ2) is 3.35. The lowest BCUT2D eigenvalue weighted by molar-refractivity contribution is 0.0533. The highest BCUT2D eigenvalue weighted by Gasteiger charge is 2.30. The summed E-state index contributed by atoms with van der Waals surface area (Å²) in [6, 6.07) is 1.31. The highest BCUT2D eigenvalue weighted by molar-refractivity contribution is 4.88. The van der Waals surface area contributed by atoms with Gasteiger partial charge in [-0.15, -0.1) is 0 Å². The Morgan fingerprint density at radius 1 is 1.25 bits per heavy atom. The quantitative estimate of drug-likeness (QED) is 0.592. The predicted molar refractivity (Wildman–Crippen MR) is 53.4 cm³/mol. The van der Waals surface area contributed by atoms with E-state index in [0.29, 0.717) is 17.6 Å². The molecule has 0 saturated carbocycles. The van der Waals surface area contributed by atoms with Crippen molar-refractivity contribution < 1.29 is 0 Å². The molecule has 2 nitrogen and oxygen atoms in total. The van der Waals surface area contributed by atoms with E-state index in [9.17, 15) is 0 Å². The Balaban J connectivity index is 2.61. The minimum atomic E-state index is 0.315. The summed E-state index contributed by atoms with van der Waals surface area (Å²) in [6.45, 7) is 13.7. The van der Waals surface area contributed by atoms with Gasteiger partial charge in [0.25, 0.3) is 0 Å². The third kappa shape index (κ3) is 2.20. The maximum absolute atomic E-state index is 3.49. The summed E-state index contributed by atoms with van der Waals surface area (Å²) in [5.41, 5.74) is 0.315. The second-order valence-electron chi connectivity index (χ2n) is 4.98. The third-order valence-electron chi connectivity index (χ3n) is 2.63. The summed E-state index contributed by atoms with van der Waals surface area (Å²) < 4.78 is 0. The fraction of sp³-hybridized carbons (Fsp3) is 1.00. The van der Waals surface area contributed by atoms with Crippen LogP contribution in [0.3, 0.4) is 0 Å². The standard InChI is InChI=1S/C10H22N2/c1-8-7-12(10(3,4)5)9(2)6-11-8/h8-9,11H,6-7H2,1-5H3/t8-,9+/m0/s1. The van der Waals surface area contributed by atoms with E-state index >= 15 is 0 Å². The molecular formula is C10H22N2. The lowest BCUT2D eigenvalue weighted by atomic mass is 10.00. The molecule has 1 fully saturated rings. The number of piperazine rings is 1. The van der Waals surface area contributed by atoms with Crippen LogP contribution >= 0.6 is 0 Å². The Morgan fingerprint density at radius 3 is 2.25 bits per heavy atom. The molecular weight excluding hydrogens is 148 g/mol. The van der Waals surface area contributed by atoms with E-state index in [-0.39, 0.29) is 0 Å². The van der Waals surface area contributed by atoms with E-state index < -0.39 is 0 Å². The molecule has 0 radical (unpaired) electrons. The van der Waals surface area contributed by atoms with Crippen molar-refractivity contribution in [2.75, 3.05) is 13.1 Å². The smallest absolute Gasteiger partial charge is 0.0198 e. The third-order valence-corrected chi connectivity index (χ3v) is 2.63. The molecule has 1 aliphatic heterocycles. The molecule has 1 N–H and O–H groups in total. The molecule has 2 heteroatoms. The van der Waals surface area contributed by atoms with Gasteiger partial charge in [0.15, 0.2) is 0 Å². The van der Waals surface area contributed by atoms with E-state index in [4.69, 9.17) is 0 Å². The second-order valence-corrected chi connectivity index (χ2v) is 4.98. The number of hydrogen-bond donors (Lipinski definition) is 1. The molecule has 0 unspecified atom stereocenters. The molecule has 1 heterocycles. The van der Waals surface area contributed by atoms with E-state index in [0.717, 1.165) is 6.54 Å². The van der Waals surface area contributed by atoms with Gasteiger partial charge in [-0.3, -0.25) is 4.90 Å². The van der Waals surface area contributed by atoms with Gasteiger partial charge in [0, 0.05) is 30.7 Å². The normalized spacial score (nSPS) is 33.8. The van der Waals surface area contributed by atoms with Crippen molar-refractivity contribution in [1.82, 2.24) is 10.2 Å². The molecule has 0 bridgehead atoms. The summed E-state index contributed by atoms with van der Waals surface area (Å²) in [5, 5.41) is 3.49. The number of hydrogen-bond acceptors (Lipinski definition) is 2. The van der Waals surface area contributed by atoms with Crippen molar-refractivity contribution in [3.8, 4) is 0 Å². The Kier molecular flexibility index (Phi) is 2.79. The molecule has 1 aliphatic rings. The highest BCUT2D eigenvalue weighted by Crippen LogP contribution is 2.19. The van der Waals surface area contributed by atoms with Gasteiger partial charge in [-0.2, -0.15) is 0 Å². The first-order chi connectivity index (χ1) is 5.41. The minimum Gasteiger partial charge on any atom is -0.311 e. The average molecular weight is 170 g/mol. The average Bonchev–Trinajstić information content (AvgIpc) is 1.92. The lowest BCUT2D eigenvalue weighted by Gasteiger charge is -2.45. The zero-order valence-electron chi connectivity index (χ0n) is 9.02. The molecule has 0 aromatic rings. The maximum atomic E-state index is 3.49. The highest BCUT2D eigenvalue weighted by atomic mass is 15.3. The van der Waals surface area contributed by atoms with Crippen LogP contribution in [0.15, 0.2) is 0 Å². The van der Waals surface area contributed by atoms with Crippen LogP contribution in [0.25, 0.3) is 0 Å². The molecule has 0 aromatic carbocycles. The summed E-state index contributed by atoms with van der Waals surface area (Å²) in [4.78, 5) is 2.58. The van der Waals surface area contributed by atoms with Crippen LogP contribution in [0.5, 0.6) is 0 Å². The number of nitrogens with zero attached hydrogens (tertiary/aromatic N) is 1. The van der Waals surface area contributed by atoms with Crippen LogP contribution < -0.4 is 5.32 Å². The van der Waals surface area contributed by atoms with Crippen LogP contribution in [0.1, 0.15) is 34.6 Å². The summed E-state index contributed by atoms with van der Waals surface area (Å²) in [6.07, 6.45) is 0. The van der Waals surface area contributed by atoms with Crippen molar-refractivity contribution in [3.05, 3.63) is 0 Å². The first-order valence-corrected chi connectivity index (χ1v) is 4.91. The fourth-order valence-corrected chi connectivity index (χ4v) is 1.96. The molecule has 0 aromatic heterocycles. The lowest BCUT2D eigenvalue weighted by Crippen LogP contribution is -2.60. The van der Waals surface area contributed by atoms with E-state index in [2.05, 4.69) is 44.8 Å². The van der Waals surface area contributed by atoms with Crippen LogP contribution in [-0.2, 0) is 0 Å². The van der Waals surface area contributed by atoms with Crippen LogP contribution in [0.4, 0.5) is 0 Å². The van der Waals surface area contributed by atoms with Gasteiger partial charge in [0.1, 0.15) is 0 Å². The van der Waals surface area contributed by atoms with Gasteiger partial charge in [-0.1, -0.05) is 0 Å². The van der Waals surface area contributed by atoms with Crippen molar-refractivity contribution in [2.24, 2.45) is 0 Å². The zero-order chi connectivity index (χ0) is 9.35. The van der Waals surface area contributed by atoms with E-state index in [1.807, 2.05) is 0 Å². The van der Waals surface area contributed by atoms with Gasteiger partial charge >= 0.3 is 0 Å². The Labute approximate surface area is 76.3 Å². The van der Waals surface area contributed by atoms with Crippen molar-refractivity contribution >= 4 is 0 Å². The maximum Gasteiger partial charge on any atom is 0.0198 e. The Bertz CT molecular complexity index is 148. The summed E-state index contributed by atoms with van der Waals surface area (Å²) >= 11 is 0. The first kappa shape index (κ1) is 10.0. The van der Waals surface area contributed by atoms with Gasteiger partial charge in [0.2, 0.25) is 0 Å². The van der Waals surface area contributed by atoms with Gasteiger partial charge in [0.05, 0.1) is 0 Å². The van der Waals surface area contributed by atoms with Crippen LogP contribution in [0, 0.1) is 0 Å². The van der Waals surface area contributed by atoms with Gasteiger partial charge in [-0.05, 0) is 34.6 Å². The molecule has 12 heavy (non-hydrogen) atoms. The SMILES string of the molecule is C[C@@H]1CN[C@@H](C)CN1C(C)(C)C. The number of nitrogens with one attached hydrogen (secondary N) is 1. The molecule has 0 amide bonds. The Morgan fingerprint density at radius 2 is 1.83 bits per heavy atom.